The average molecular weight is 275 g/mol. The Morgan fingerprint density at radius 1 is 1.40 bits per heavy atom. The molecule has 0 amide bonds. The van der Waals surface area contributed by atoms with Crippen LogP contribution >= 0.6 is 0 Å². The van der Waals surface area contributed by atoms with Gasteiger partial charge < -0.3 is 15.2 Å². The maximum Gasteiger partial charge on any atom is 0.335 e. The van der Waals surface area contributed by atoms with Crippen molar-refractivity contribution in [3.63, 3.8) is 0 Å². The van der Waals surface area contributed by atoms with Gasteiger partial charge >= 0.3 is 5.97 Å². The Hall–Kier alpha value is -1.81. The highest BCUT2D eigenvalue weighted by Gasteiger charge is 2.08. The lowest BCUT2D eigenvalue weighted by Crippen LogP contribution is -2.27. The van der Waals surface area contributed by atoms with Gasteiger partial charge in [-0.25, -0.2) is 4.79 Å². The lowest BCUT2D eigenvalue weighted by atomic mass is 9.94. The predicted octanol–water partition coefficient (Wildman–Crippen LogP) is 2.71. The van der Waals surface area contributed by atoms with E-state index >= 15 is 0 Å². The Morgan fingerprint density at radius 2 is 2.30 bits per heavy atom. The van der Waals surface area contributed by atoms with E-state index in [4.69, 9.17) is 9.84 Å². The summed E-state index contributed by atoms with van der Waals surface area (Å²) in [5, 5.41) is 12.3. The van der Waals surface area contributed by atoms with E-state index in [1.54, 1.807) is 24.3 Å². The minimum absolute atomic E-state index is 0.254. The highest BCUT2D eigenvalue weighted by Crippen LogP contribution is 2.17. The largest absolute Gasteiger partial charge is 0.492 e. The number of carboxylic acids is 1. The fourth-order valence-electron chi connectivity index (χ4n) is 2.31. The molecule has 1 atom stereocenters. The van der Waals surface area contributed by atoms with E-state index < -0.39 is 5.97 Å². The van der Waals surface area contributed by atoms with Crippen LogP contribution in [0.3, 0.4) is 0 Å². The van der Waals surface area contributed by atoms with Gasteiger partial charge in [-0.2, -0.15) is 0 Å². The molecule has 0 aliphatic heterocycles. The third-order valence-electron chi connectivity index (χ3n) is 3.44. The summed E-state index contributed by atoms with van der Waals surface area (Å²) >= 11 is 0. The number of hydrogen-bond donors (Lipinski definition) is 2. The maximum atomic E-state index is 10.8. The molecule has 4 heteroatoms. The molecule has 1 aromatic rings. The summed E-state index contributed by atoms with van der Waals surface area (Å²) in [6.45, 7) is 2.34. The lowest BCUT2D eigenvalue weighted by Gasteiger charge is -2.18. The average Bonchev–Trinajstić information content (AvgIpc) is 2.48. The smallest absolute Gasteiger partial charge is 0.335 e. The molecule has 0 spiro atoms. The second-order valence-electron chi connectivity index (χ2n) is 5.04. The summed E-state index contributed by atoms with van der Waals surface area (Å²) in [6.07, 6.45) is 8.10. The number of benzene rings is 1. The van der Waals surface area contributed by atoms with Crippen LogP contribution in [0.4, 0.5) is 0 Å². The molecule has 0 aromatic heterocycles. The number of rotatable bonds is 7. The summed E-state index contributed by atoms with van der Waals surface area (Å²) in [5.74, 6) is 0.404. The van der Waals surface area contributed by atoms with Crippen LogP contribution < -0.4 is 10.1 Å². The molecule has 0 fully saturated rings. The van der Waals surface area contributed by atoms with Crippen molar-refractivity contribution in [2.45, 2.75) is 19.3 Å². The second kappa shape index (κ2) is 7.70. The Labute approximate surface area is 119 Å². The van der Waals surface area contributed by atoms with Crippen LogP contribution in [0.1, 0.15) is 29.6 Å². The van der Waals surface area contributed by atoms with Crippen molar-refractivity contribution in [1.29, 1.82) is 0 Å². The van der Waals surface area contributed by atoms with Gasteiger partial charge in [-0.3, -0.25) is 0 Å². The van der Waals surface area contributed by atoms with Gasteiger partial charge in [0.1, 0.15) is 12.4 Å². The summed E-state index contributed by atoms with van der Waals surface area (Å²) < 4.78 is 5.55. The van der Waals surface area contributed by atoms with Crippen LogP contribution in [0.2, 0.25) is 0 Å². The van der Waals surface area contributed by atoms with Gasteiger partial charge in [-0.1, -0.05) is 18.2 Å². The Balaban J connectivity index is 1.64. The maximum absolute atomic E-state index is 10.8. The topological polar surface area (TPSA) is 58.6 Å². The molecule has 0 saturated heterocycles. The van der Waals surface area contributed by atoms with E-state index in [0.29, 0.717) is 12.4 Å². The monoisotopic (exact) mass is 275 g/mol. The van der Waals surface area contributed by atoms with Crippen molar-refractivity contribution in [2.24, 2.45) is 5.92 Å². The molecule has 2 N–H and O–H groups in total. The van der Waals surface area contributed by atoms with Crippen LogP contribution in [-0.4, -0.2) is 30.8 Å². The van der Waals surface area contributed by atoms with Crippen molar-refractivity contribution in [3.05, 3.63) is 42.0 Å². The van der Waals surface area contributed by atoms with Gasteiger partial charge in [0.2, 0.25) is 0 Å². The number of carbonyl (C=O) groups is 1. The lowest BCUT2D eigenvalue weighted by molar-refractivity contribution is 0.0696. The zero-order valence-corrected chi connectivity index (χ0v) is 11.5. The third kappa shape index (κ3) is 4.70. The Kier molecular flexibility index (Phi) is 5.62. The minimum Gasteiger partial charge on any atom is -0.492 e. The molecule has 0 saturated carbocycles. The summed E-state index contributed by atoms with van der Waals surface area (Å²) in [4.78, 5) is 10.8. The predicted molar refractivity (Wildman–Crippen MR) is 78.2 cm³/mol. The molecule has 20 heavy (non-hydrogen) atoms. The fourth-order valence-corrected chi connectivity index (χ4v) is 2.31. The van der Waals surface area contributed by atoms with Gasteiger partial charge in [0.25, 0.3) is 0 Å². The van der Waals surface area contributed by atoms with Crippen molar-refractivity contribution in [1.82, 2.24) is 5.32 Å². The molecule has 1 aromatic carbocycles. The molecule has 0 heterocycles. The molecule has 1 aliphatic carbocycles. The molecule has 1 unspecified atom stereocenters. The molecular weight excluding hydrogens is 254 g/mol. The normalized spacial score (nSPS) is 17.9. The first kappa shape index (κ1) is 14.6. The first-order valence-electron chi connectivity index (χ1n) is 7.07. The van der Waals surface area contributed by atoms with E-state index in [-0.39, 0.29) is 5.56 Å². The van der Waals surface area contributed by atoms with E-state index in [1.165, 1.54) is 12.8 Å². The van der Waals surface area contributed by atoms with Crippen LogP contribution in [0.5, 0.6) is 5.75 Å². The van der Waals surface area contributed by atoms with Gasteiger partial charge in [0.15, 0.2) is 0 Å². The number of nitrogens with one attached hydrogen (secondary N) is 1. The van der Waals surface area contributed by atoms with Crippen LogP contribution in [0.25, 0.3) is 0 Å². The Morgan fingerprint density at radius 3 is 3.05 bits per heavy atom. The molecule has 4 nitrogen and oxygen atoms in total. The molecule has 1 aliphatic rings. The Bertz CT molecular complexity index is 471. The SMILES string of the molecule is O=C(O)c1cccc(OCCNCC2CC=CCC2)c1. The zero-order valence-electron chi connectivity index (χ0n) is 11.5. The van der Waals surface area contributed by atoms with Crippen molar-refractivity contribution in [3.8, 4) is 5.75 Å². The number of allylic oxidation sites excluding steroid dienone is 2. The van der Waals surface area contributed by atoms with Gasteiger partial charge in [-0.15, -0.1) is 0 Å². The van der Waals surface area contributed by atoms with Crippen LogP contribution in [-0.2, 0) is 0 Å². The summed E-state index contributed by atoms with van der Waals surface area (Å²) in [6, 6.07) is 6.58. The molecule has 108 valence electrons. The van der Waals surface area contributed by atoms with Gasteiger partial charge in [-0.05, 0) is 49.9 Å². The minimum atomic E-state index is -0.932. The van der Waals surface area contributed by atoms with Gasteiger partial charge in [0, 0.05) is 6.54 Å². The quantitative estimate of drug-likeness (QED) is 0.593. The number of ether oxygens (including phenoxy) is 1. The molecule has 2 rings (SSSR count). The number of carboxylic acid groups (broad SMARTS) is 1. The van der Waals surface area contributed by atoms with Crippen molar-refractivity contribution in [2.75, 3.05) is 19.7 Å². The van der Waals surface area contributed by atoms with Crippen molar-refractivity contribution < 1.29 is 14.6 Å². The number of hydrogen-bond acceptors (Lipinski definition) is 3. The second-order valence-corrected chi connectivity index (χ2v) is 5.04. The van der Waals surface area contributed by atoms with E-state index in [1.807, 2.05) is 0 Å². The van der Waals surface area contributed by atoms with Crippen LogP contribution in [0, 0.1) is 5.92 Å². The van der Waals surface area contributed by atoms with Crippen LogP contribution in [0.15, 0.2) is 36.4 Å². The van der Waals surface area contributed by atoms with Gasteiger partial charge in [0.05, 0.1) is 5.56 Å². The van der Waals surface area contributed by atoms with E-state index in [2.05, 4.69) is 17.5 Å². The molecular formula is C16H21NO3. The zero-order chi connectivity index (χ0) is 14.2. The first-order chi connectivity index (χ1) is 9.75. The molecule has 0 radical (unpaired) electrons. The molecule has 0 bridgehead atoms. The first-order valence-corrected chi connectivity index (χ1v) is 7.07. The standard InChI is InChI=1S/C16H21NO3/c18-16(19)14-7-4-8-15(11-14)20-10-9-17-12-13-5-2-1-3-6-13/h1-2,4,7-8,11,13,17H,3,5-6,9-10,12H2,(H,18,19). The highest BCUT2D eigenvalue weighted by atomic mass is 16.5. The fraction of sp³-hybridized carbons (Fsp3) is 0.438. The summed E-state index contributed by atoms with van der Waals surface area (Å²) in [5.41, 5.74) is 0.254. The highest BCUT2D eigenvalue weighted by molar-refractivity contribution is 5.87. The third-order valence-corrected chi connectivity index (χ3v) is 3.44. The summed E-state index contributed by atoms with van der Waals surface area (Å²) in [7, 11) is 0. The number of aromatic carboxylic acids is 1. The van der Waals surface area contributed by atoms with E-state index in [0.717, 1.165) is 25.4 Å². The van der Waals surface area contributed by atoms with E-state index in [9.17, 15) is 4.79 Å². The van der Waals surface area contributed by atoms with Crippen molar-refractivity contribution >= 4 is 5.97 Å².